The maximum absolute atomic E-state index is 14.0. The van der Waals surface area contributed by atoms with Crippen molar-refractivity contribution in [3.05, 3.63) is 24.0 Å². The topological polar surface area (TPSA) is 40.6 Å². The molecular formula is C12H17FN2O2S. The standard InChI is InChI=1S/C12H17FN2O2S/c1-14(2)18(16,17)10-5-6-12(11(13)9-10)15-7-3-4-8-15/h5-6,9H,3-4,7-8H2,1-2H3. The van der Waals surface area contributed by atoms with E-state index in [9.17, 15) is 12.8 Å². The highest BCUT2D eigenvalue weighted by Crippen LogP contribution is 2.26. The largest absolute Gasteiger partial charge is 0.369 e. The van der Waals surface area contributed by atoms with Crippen LogP contribution < -0.4 is 4.90 Å². The van der Waals surface area contributed by atoms with Crippen molar-refractivity contribution in [1.29, 1.82) is 0 Å². The van der Waals surface area contributed by atoms with Crippen LogP contribution in [0.5, 0.6) is 0 Å². The number of halogens is 1. The van der Waals surface area contributed by atoms with Crippen molar-refractivity contribution in [2.75, 3.05) is 32.1 Å². The van der Waals surface area contributed by atoms with Crippen LogP contribution in [-0.2, 0) is 10.0 Å². The molecule has 100 valence electrons. The quantitative estimate of drug-likeness (QED) is 0.840. The third-order valence-corrected chi connectivity index (χ3v) is 4.96. The van der Waals surface area contributed by atoms with Gasteiger partial charge in [-0.2, -0.15) is 0 Å². The highest BCUT2D eigenvalue weighted by atomic mass is 32.2. The molecule has 1 aromatic rings. The number of sulfonamides is 1. The molecule has 1 aliphatic heterocycles. The van der Waals surface area contributed by atoms with Crippen LogP contribution in [0.2, 0.25) is 0 Å². The van der Waals surface area contributed by atoms with E-state index in [0.29, 0.717) is 5.69 Å². The molecule has 18 heavy (non-hydrogen) atoms. The van der Waals surface area contributed by atoms with Crippen LogP contribution in [0.15, 0.2) is 23.1 Å². The Morgan fingerprint density at radius 1 is 1.22 bits per heavy atom. The van der Waals surface area contributed by atoms with E-state index < -0.39 is 15.8 Å². The number of benzene rings is 1. The monoisotopic (exact) mass is 272 g/mol. The van der Waals surface area contributed by atoms with Crippen LogP contribution in [0.4, 0.5) is 10.1 Å². The highest BCUT2D eigenvalue weighted by molar-refractivity contribution is 7.89. The Balaban J connectivity index is 2.36. The maximum atomic E-state index is 14.0. The molecule has 1 heterocycles. The first kappa shape index (κ1) is 13.3. The SMILES string of the molecule is CN(C)S(=O)(=O)c1ccc(N2CCCC2)c(F)c1. The van der Waals surface area contributed by atoms with Gasteiger partial charge in [-0.05, 0) is 31.0 Å². The summed E-state index contributed by atoms with van der Waals surface area (Å²) in [6.07, 6.45) is 2.11. The normalized spacial score (nSPS) is 16.6. The Kier molecular flexibility index (Phi) is 3.59. The average molecular weight is 272 g/mol. The molecule has 1 aromatic carbocycles. The molecule has 0 N–H and O–H groups in total. The lowest BCUT2D eigenvalue weighted by atomic mass is 10.3. The summed E-state index contributed by atoms with van der Waals surface area (Å²) in [4.78, 5) is 1.94. The van der Waals surface area contributed by atoms with Crippen LogP contribution in [0.1, 0.15) is 12.8 Å². The Hall–Kier alpha value is -1.14. The fourth-order valence-electron chi connectivity index (χ4n) is 2.07. The minimum absolute atomic E-state index is 0.00653. The molecule has 4 nitrogen and oxygen atoms in total. The average Bonchev–Trinajstić information content (AvgIpc) is 2.82. The summed E-state index contributed by atoms with van der Waals surface area (Å²) in [6, 6.07) is 4.12. The molecule has 0 amide bonds. The number of hydrogen-bond donors (Lipinski definition) is 0. The molecule has 0 unspecified atom stereocenters. The Morgan fingerprint density at radius 2 is 1.83 bits per heavy atom. The second-order valence-electron chi connectivity index (χ2n) is 4.59. The van der Waals surface area contributed by atoms with Gasteiger partial charge in [0.05, 0.1) is 10.6 Å². The van der Waals surface area contributed by atoms with E-state index in [1.165, 1.54) is 20.2 Å². The summed E-state index contributed by atoms with van der Waals surface area (Å²) < 4.78 is 38.8. The molecule has 2 rings (SSSR count). The molecule has 0 radical (unpaired) electrons. The summed E-state index contributed by atoms with van der Waals surface area (Å²) in [5.41, 5.74) is 0.491. The van der Waals surface area contributed by atoms with E-state index in [-0.39, 0.29) is 4.90 Å². The van der Waals surface area contributed by atoms with Crippen LogP contribution in [-0.4, -0.2) is 39.9 Å². The zero-order valence-electron chi connectivity index (χ0n) is 10.6. The first-order valence-electron chi connectivity index (χ1n) is 5.90. The van der Waals surface area contributed by atoms with Crippen molar-refractivity contribution in [3.63, 3.8) is 0 Å². The van der Waals surface area contributed by atoms with Crippen molar-refractivity contribution in [2.45, 2.75) is 17.7 Å². The van der Waals surface area contributed by atoms with E-state index in [0.717, 1.165) is 36.3 Å². The van der Waals surface area contributed by atoms with E-state index in [4.69, 9.17) is 0 Å². The lowest BCUT2D eigenvalue weighted by molar-refractivity contribution is 0.519. The summed E-state index contributed by atoms with van der Waals surface area (Å²) in [7, 11) is -0.701. The zero-order valence-corrected chi connectivity index (χ0v) is 11.4. The highest BCUT2D eigenvalue weighted by Gasteiger charge is 2.21. The van der Waals surface area contributed by atoms with Gasteiger partial charge in [0.25, 0.3) is 0 Å². The molecule has 1 fully saturated rings. The summed E-state index contributed by atoms with van der Waals surface area (Å²) in [6.45, 7) is 1.66. The smallest absolute Gasteiger partial charge is 0.242 e. The molecule has 1 aliphatic rings. The second-order valence-corrected chi connectivity index (χ2v) is 6.75. The summed E-state index contributed by atoms with van der Waals surface area (Å²) in [5.74, 6) is -0.472. The van der Waals surface area contributed by atoms with Crippen LogP contribution in [0.25, 0.3) is 0 Å². The van der Waals surface area contributed by atoms with Gasteiger partial charge >= 0.3 is 0 Å². The minimum Gasteiger partial charge on any atom is -0.369 e. The molecule has 0 atom stereocenters. The Morgan fingerprint density at radius 3 is 2.33 bits per heavy atom. The fourth-order valence-corrected chi connectivity index (χ4v) is 2.99. The third kappa shape index (κ3) is 2.35. The predicted octanol–water partition coefficient (Wildman–Crippen LogP) is 1.68. The first-order valence-corrected chi connectivity index (χ1v) is 7.34. The molecule has 0 bridgehead atoms. The third-order valence-electron chi connectivity index (χ3n) is 3.14. The van der Waals surface area contributed by atoms with Crippen molar-refractivity contribution >= 4 is 15.7 Å². The Labute approximate surface area is 107 Å². The van der Waals surface area contributed by atoms with Gasteiger partial charge < -0.3 is 4.90 Å². The summed E-state index contributed by atoms with van der Waals surface area (Å²) in [5, 5.41) is 0. The lowest BCUT2D eigenvalue weighted by Gasteiger charge is -2.19. The van der Waals surface area contributed by atoms with Gasteiger partial charge in [0.15, 0.2) is 0 Å². The Bertz CT molecular complexity index is 537. The van der Waals surface area contributed by atoms with Crippen LogP contribution >= 0.6 is 0 Å². The number of rotatable bonds is 3. The number of nitrogens with zero attached hydrogens (tertiary/aromatic N) is 2. The second kappa shape index (κ2) is 4.85. The van der Waals surface area contributed by atoms with Gasteiger partial charge in [0.2, 0.25) is 10.0 Å². The van der Waals surface area contributed by atoms with Crippen molar-refractivity contribution < 1.29 is 12.8 Å². The van der Waals surface area contributed by atoms with Gasteiger partial charge in [-0.1, -0.05) is 0 Å². The van der Waals surface area contributed by atoms with Crippen molar-refractivity contribution in [1.82, 2.24) is 4.31 Å². The number of hydrogen-bond acceptors (Lipinski definition) is 3. The first-order chi connectivity index (χ1) is 8.43. The van der Waals surface area contributed by atoms with Crippen molar-refractivity contribution in [3.8, 4) is 0 Å². The van der Waals surface area contributed by atoms with Crippen molar-refractivity contribution in [2.24, 2.45) is 0 Å². The number of anilines is 1. The molecule has 0 saturated carbocycles. The van der Waals surface area contributed by atoms with E-state index in [2.05, 4.69) is 0 Å². The molecular weight excluding hydrogens is 255 g/mol. The minimum atomic E-state index is -3.56. The molecule has 0 aliphatic carbocycles. The molecule has 6 heteroatoms. The predicted molar refractivity (Wildman–Crippen MR) is 68.7 cm³/mol. The van der Waals surface area contributed by atoms with E-state index in [1.54, 1.807) is 6.07 Å². The van der Waals surface area contributed by atoms with Crippen LogP contribution in [0.3, 0.4) is 0 Å². The molecule has 0 aromatic heterocycles. The van der Waals surface area contributed by atoms with E-state index >= 15 is 0 Å². The molecule has 0 spiro atoms. The molecule has 1 saturated heterocycles. The lowest BCUT2D eigenvalue weighted by Crippen LogP contribution is -2.23. The van der Waals surface area contributed by atoms with Crippen LogP contribution in [0, 0.1) is 5.82 Å². The van der Waals surface area contributed by atoms with Gasteiger partial charge in [-0.3, -0.25) is 0 Å². The fraction of sp³-hybridized carbons (Fsp3) is 0.500. The van der Waals surface area contributed by atoms with Gasteiger partial charge in [-0.15, -0.1) is 0 Å². The zero-order chi connectivity index (χ0) is 13.3. The maximum Gasteiger partial charge on any atom is 0.242 e. The van der Waals surface area contributed by atoms with Gasteiger partial charge in [0.1, 0.15) is 5.82 Å². The van der Waals surface area contributed by atoms with Gasteiger partial charge in [0, 0.05) is 27.2 Å². The van der Waals surface area contributed by atoms with E-state index in [1.807, 2.05) is 4.90 Å². The summed E-state index contributed by atoms with van der Waals surface area (Å²) >= 11 is 0. The van der Waals surface area contributed by atoms with Gasteiger partial charge in [-0.25, -0.2) is 17.1 Å².